The molecule has 2 fully saturated rings. The van der Waals surface area contributed by atoms with E-state index in [0.717, 1.165) is 12.8 Å². The quantitative estimate of drug-likeness (QED) is 0.735. The maximum Gasteiger partial charge on any atom is 0.248 e. The zero-order valence-corrected chi connectivity index (χ0v) is 10.6. The van der Waals surface area contributed by atoms with Gasteiger partial charge in [0.2, 0.25) is 5.91 Å². The van der Waals surface area contributed by atoms with E-state index >= 15 is 0 Å². The van der Waals surface area contributed by atoms with Crippen molar-refractivity contribution in [1.29, 1.82) is 0 Å². The van der Waals surface area contributed by atoms with Crippen LogP contribution >= 0.6 is 0 Å². The lowest BCUT2D eigenvalue weighted by atomic mass is 10.0. The molecule has 0 radical (unpaired) electrons. The number of carbonyl (C=O) groups is 1. The number of ether oxygens (including phenoxy) is 3. The Morgan fingerprint density at radius 1 is 1.29 bits per heavy atom. The Hall–Kier alpha value is -0.650. The number of rotatable bonds is 3. The highest BCUT2D eigenvalue weighted by Crippen LogP contribution is 2.31. The standard InChI is InChI=1S/C12H21NO4/c1-10(2)15-9-11(14)13-5-3-12(4-6-13)16-7-8-17-12/h10H,3-9H2,1-2H3. The Bertz CT molecular complexity index is 264. The molecule has 1 amide bonds. The molecule has 2 saturated heterocycles. The molecule has 5 nitrogen and oxygen atoms in total. The van der Waals surface area contributed by atoms with Gasteiger partial charge in [-0.05, 0) is 13.8 Å². The van der Waals surface area contributed by atoms with Crippen molar-refractivity contribution in [2.75, 3.05) is 32.9 Å². The third-order valence-corrected chi connectivity index (χ3v) is 3.23. The van der Waals surface area contributed by atoms with E-state index in [-0.39, 0.29) is 18.6 Å². The van der Waals surface area contributed by atoms with Crippen LogP contribution in [0.1, 0.15) is 26.7 Å². The van der Waals surface area contributed by atoms with Crippen molar-refractivity contribution in [1.82, 2.24) is 4.90 Å². The molecule has 2 heterocycles. The topological polar surface area (TPSA) is 48.0 Å². The van der Waals surface area contributed by atoms with E-state index in [1.807, 2.05) is 18.7 Å². The molecule has 17 heavy (non-hydrogen) atoms. The fourth-order valence-electron chi connectivity index (χ4n) is 2.21. The van der Waals surface area contributed by atoms with E-state index in [1.54, 1.807) is 0 Å². The molecule has 1 spiro atoms. The lowest BCUT2D eigenvalue weighted by Gasteiger charge is -2.37. The maximum absolute atomic E-state index is 11.8. The zero-order chi connectivity index (χ0) is 12.3. The van der Waals surface area contributed by atoms with Crippen LogP contribution in [0.5, 0.6) is 0 Å². The van der Waals surface area contributed by atoms with Gasteiger partial charge in [0.05, 0.1) is 19.3 Å². The van der Waals surface area contributed by atoms with E-state index in [1.165, 1.54) is 0 Å². The van der Waals surface area contributed by atoms with Gasteiger partial charge in [0.1, 0.15) is 6.61 Å². The average Bonchev–Trinajstić information content (AvgIpc) is 2.75. The maximum atomic E-state index is 11.8. The molecule has 5 heteroatoms. The van der Waals surface area contributed by atoms with Crippen LogP contribution in [0.2, 0.25) is 0 Å². The van der Waals surface area contributed by atoms with Crippen LogP contribution in [0, 0.1) is 0 Å². The predicted molar refractivity (Wildman–Crippen MR) is 61.5 cm³/mol. The van der Waals surface area contributed by atoms with Crippen molar-refractivity contribution in [3.63, 3.8) is 0 Å². The van der Waals surface area contributed by atoms with Crippen LogP contribution in [0.25, 0.3) is 0 Å². The Morgan fingerprint density at radius 3 is 2.41 bits per heavy atom. The van der Waals surface area contributed by atoms with Crippen LogP contribution in [0.3, 0.4) is 0 Å². The van der Waals surface area contributed by atoms with Gasteiger partial charge in [-0.3, -0.25) is 4.79 Å². The van der Waals surface area contributed by atoms with Gasteiger partial charge in [-0.15, -0.1) is 0 Å². The summed E-state index contributed by atoms with van der Waals surface area (Å²) >= 11 is 0. The summed E-state index contributed by atoms with van der Waals surface area (Å²) in [6, 6.07) is 0. The molecule has 0 N–H and O–H groups in total. The smallest absolute Gasteiger partial charge is 0.248 e. The molecule has 2 aliphatic rings. The molecule has 0 atom stereocenters. The van der Waals surface area contributed by atoms with Crippen molar-refractivity contribution in [3.05, 3.63) is 0 Å². The molecule has 2 aliphatic heterocycles. The van der Waals surface area contributed by atoms with E-state index < -0.39 is 5.79 Å². The van der Waals surface area contributed by atoms with Crippen molar-refractivity contribution in [3.8, 4) is 0 Å². The van der Waals surface area contributed by atoms with Crippen LogP contribution in [-0.2, 0) is 19.0 Å². The van der Waals surface area contributed by atoms with Gasteiger partial charge >= 0.3 is 0 Å². The molecule has 0 unspecified atom stereocenters. The highest BCUT2D eigenvalue weighted by Gasteiger charge is 2.40. The number of hydrogen-bond donors (Lipinski definition) is 0. The number of nitrogens with zero attached hydrogens (tertiary/aromatic N) is 1. The second-order valence-electron chi connectivity index (χ2n) is 4.85. The Kier molecular flexibility index (Phi) is 4.01. The first-order valence-electron chi connectivity index (χ1n) is 6.29. The fraction of sp³-hybridized carbons (Fsp3) is 0.917. The Morgan fingerprint density at radius 2 is 1.88 bits per heavy atom. The molecule has 2 rings (SSSR count). The van der Waals surface area contributed by atoms with Crippen molar-refractivity contribution in [2.24, 2.45) is 0 Å². The predicted octanol–water partition coefficient (Wildman–Crippen LogP) is 0.777. The van der Waals surface area contributed by atoms with Gasteiger partial charge < -0.3 is 19.1 Å². The second kappa shape index (κ2) is 5.33. The molecule has 0 aromatic rings. The lowest BCUT2D eigenvalue weighted by Crippen LogP contribution is -2.48. The summed E-state index contributed by atoms with van der Waals surface area (Å²) in [5.41, 5.74) is 0. The van der Waals surface area contributed by atoms with Crippen LogP contribution in [0.4, 0.5) is 0 Å². The first kappa shape index (κ1) is 12.8. The fourth-order valence-corrected chi connectivity index (χ4v) is 2.21. The average molecular weight is 243 g/mol. The number of hydrogen-bond acceptors (Lipinski definition) is 4. The van der Waals surface area contributed by atoms with Gasteiger partial charge in [0.25, 0.3) is 0 Å². The van der Waals surface area contributed by atoms with E-state index in [2.05, 4.69) is 0 Å². The number of carbonyl (C=O) groups excluding carboxylic acids is 1. The highest BCUT2D eigenvalue weighted by molar-refractivity contribution is 5.77. The number of likely N-dealkylation sites (tertiary alicyclic amines) is 1. The SMILES string of the molecule is CC(C)OCC(=O)N1CCC2(CC1)OCCO2. The first-order valence-corrected chi connectivity index (χ1v) is 6.29. The van der Waals surface area contributed by atoms with Gasteiger partial charge in [0, 0.05) is 25.9 Å². The molecule has 0 saturated carbocycles. The molecule has 0 aromatic carbocycles. The van der Waals surface area contributed by atoms with Crippen LogP contribution < -0.4 is 0 Å². The Balaban J connectivity index is 1.76. The second-order valence-corrected chi connectivity index (χ2v) is 4.85. The van der Waals surface area contributed by atoms with Gasteiger partial charge in [0.15, 0.2) is 5.79 Å². The monoisotopic (exact) mass is 243 g/mol. The molecule has 0 aliphatic carbocycles. The van der Waals surface area contributed by atoms with Gasteiger partial charge in [-0.1, -0.05) is 0 Å². The molecule has 0 aromatic heterocycles. The van der Waals surface area contributed by atoms with Crippen LogP contribution in [-0.4, -0.2) is 55.6 Å². The summed E-state index contributed by atoms with van der Waals surface area (Å²) < 4.78 is 16.6. The van der Waals surface area contributed by atoms with Crippen LogP contribution in [0.15, 0.2) is 0 Å². The summed E-state index contributed by atoms with van der Waals surface area (Å²) in [5.74, 6) is -0.345. The van der Waals surface area contributed by atoms with E-state index in [0.29, 0.717) is 26.3 Å². The number of piperidine rings is 1. The Labute approximate surface area is 102 Å². The summed E-state index contributed by atoms with van der Waals surface area (Å²) in [6.07, 6.45) is 1.62. The minimum Gasteiger partial charge on any atom is -0.369 e. The molecular weight excluding hydrogens is 222 g/mol. The summed E-state index contributed by atoms with van der Waals surface area (Å²) in [5, 5.41) is 0. The summed E-state index contributed by atoms with van der Waals surface area (Å²) in [6.45, 7) is 6.76. The number of amides is 1. The van der Waals surface area contributed by atoms with Crippen molar-refractivity contribution in [2.45, 2.75) is 38.6 Å². The zero-order valence-electron chi connectivity index (χ0n) is 10.6. The van der Waals surface area contributed by atoms with E-state index in [9.17, 15) is 4.79 Å². The van der Waals surface area contributed by atoms with Gasteiger partial charge in [-0.25, -0.2) is 0 Å². The van der Waals surface area contributed by atoms with Crippen molar-refractivity contribution >= 4 is 5.91 Å². The third-order valence-electron chi connectivity index (χ3n) is 3.23. The molecular formula is C12H21NO4. The van der Waals surface area contributed by atoms with Crippen molar-refractivity contribution < 1.29 is 19.0 Å². The third kappa shape index (κ3) is 3.18. The van der Waals surface area contributed by atoms with E-state index in [4.69, 9.17) is 14.2 Å². The normalized spacial score (nSPS) is 23.6. The highest BCUT2D eigenvalue weighted by atomic mass is 16.7. The minimum absolute atomic E-state index is 0.0616. The lowest BCUT2D eigenvalue weighted by molar-refractivity contribution is -0.188. The summed E-state index contributed by atoms with van der Waals surface area (Å²) in [4.78, 5) is 13.7. The van der Waals surface area contributed by atoms with Gasteiger partial charge in [-0.2, -0.15) is 0 Å². The first-order chi connectivity index (χ1) is 8.11. The molecule has 0 bridgehead atoms. The largest absolute Gasteiger partial charge is 0.369 e. The molecule has 98 valence electrons. The minimum atomic E-state index is -0.407. The summed E-state index contributed by atoms with van der Waals surface area (Å²) in [7, 11) is 0.